The molecule has 1 atom stereocenters. The van der Waals surface area contributed by atoms with Gasteiger partial charge in [-0.05, 0) is 66.0 Å². The average Bonchev–Trinajstić information content (AvgIpc) is 2.93. The normalized spacial score (nSPS) is 11.5. The number of aliphatic hydroxyl groups excluding tert-OH is 1. The van der Waals surface area contributed by atoms with E-state index in [1.54, 1.807) is 48.8 Å². The summed E-state index contributed by atoms with van der Waals surface area (Å²) >= 11 is 9.86. The minimum Gasteiger partial charge on any atom is -0.382 e. The van der Waals surface area contributed by atoms with Crippen LogP contribution in [0.15, 0.2) is 62.6 Å². The minimum absolute atomic E-state index is 0.692. The van der Waals surface area contributed by atoms with E-state index in [9.17, 15) is 5.11 Å². The van der Waals surface area contributed by atoms with Crippen LogP contribution in [0.2, 0.25) is 0 Å². The van der Waals surface area contributed by atoms with Crippen LogP contribution in [0.1, 0.15) is 17.4 Å². The predicted octanol–water partition coefficient (Wildman–Crippen LogP) is 4.27. The SMILES string of the molecule is Brc1cncc(Br)c1.Cn1nccc1C(O)c1cncc(Br)c1. The summed E-state index contributed by atoms with van der Waals surface area (Å²) in [7, 11) is 1.80. The number of rotatable bonds is 2. The van der Waals surface area contributed by atoms with E-state index in [2.05, 4.69) is 62.9 Å². The van der Waals surface area contributed by atoms with Crippen LogP contribution in [-0.2, 0) is 7.05 Å². The smallest absolute Gasteiger partial charge is 0.122 e. The lowest BCUT2D eigenvalue weighted by Gasteiger charge is -2.10. The summed E-state index contributed by atoms with van der Waals surface area (Å²) in [5.41, 5.74) is 1.49. The summed E-state index contributed by atoms with van der Waals surface area (Å²) in [6.45, 7) is 0. The number of aryl methyl sites for hydroxylation is 1. The molecule has 23 heavy (non-hydrogen) atoms. The molecule has 3 aromatic rings. The molecule has 0 spiro atoms. The largest absolute Gasteiger partial charge is 0.382 e. The summed E-state index contributed by atoms with van der Waals surface area (Å²) < 4.78 is 4.48. The molecule has 1 N–H and O–H groups in total. The van der Waals surface area contributed by atoms with E-state index in [0.717, 1.165) is 24.7 Å². The Labute approximate surface area is 159 Å². The van der Waals surface area contributed by atoms with E-state index in [4.69, 9.17) is 0 Å². The van der Waals surface area contributed by atoms with E-state index < -0.39 is 6.10 Å². The van der Waals surface area contributed by atoms with E-state index in [-0.39, 0.29) is 0 Å². The molecule has 0 fully saturated rings. The first-order valence-electron chi connectivity index (χ1n) is 6.50. The van der Waals surface area contributed by atoms with E-state index in [0.29, 0.717) is 0 Å². The number of hydrogen-bond donors (Lipinski definition) is 1. The third-order valence-corrected chi connectivity index (χ3v) is 4.15. The third-order valence-electron chi connectivity index (χ3n) is 2.85. The van der Waals surface area contributed by atoms with Gasteiger partial charge in [0, 0.05) is 57.0 Å². The molecule has 0 aromatic carbocycles. The molecule has 0 aliphatic heterocycles. The zero-order valence-electron chi connectivity index (χ0n) is 12.1. The molecule has 0 aliphatic rings. The van der Waals surface area contributed by atoms with Gasteiger partial charge < -0.3 is 5.11 Å². The molecule has 8 heteroatoms. The van der Waals surface area contributed by atoms with Gasteiger partial charge >= 0.3 is 0 Å². The van der Waals surface area contributed by atoms with Crippen LogP contribution in [0.5, 0.6) is 0 Å². The van der Waals surface area contributed by atoms with Crippen molar-refractivity contribution in [2.75, 3.05) is 0 Å². The van der Waals surface area contributed by atoms with Crippen LogP contribution in [0.3, 0.4) is 0 Å². The topological polar surface area (TPSA) is 63.8 Å². The van der Waals surface area contributed by atoms with E-state index in [1.165, 1.54) is 0 Å². The number of hydrogen-bond acceptors (Lipinski definition) is 4. The molecule has 3 heterocycles. The van der Waals surface area contributed by atoms with Crippen LogP contribution in [0.4, 0.5) is 0 Å². The molecular weight excluding hydrogens is 492 g/mol. The molecule has 1 unspecified atom stereocenters. The molecule has 0 saturated heterocycles. The fourth-order valence-corrected chi connectivity index (χ4v) is 3.21. The van der Waals surface area contributed by atoms with Crippen molar-refractivity contribution in [3.63, 3.8) is 0 Å². The monoisotopic (exact) mass is 502 g/mol. The van der Waals surface area contributed by atoms with E-state index >= 15 is 0 Å². The van der Waals surface area contributed by atoms with Crippen molar-refractivity contribution in [1.29, 1.82) is 0 Å². The molecule has 3 aromatic heterocycles. The maximum atomic E-state index is 10.1. The van der Waals surface area contributed by atoms with Gasteiger partial charge in [0.15, 0.2) is 0 Å². The standard InChI is InChI=1S/C10H10BrN3O.C5H3Br2N/c1-14-9(2-3-13-14)10(15)7-4-8(11)6-12-5-7;6-4-1-5(7)3-8-2-4/h2-6,10,15H,1H3;1-3H. The van der Waals surface area contributed by atoms with Crippen LogP contribution in [-0.4, -0.2) is 24.9 Å². The molecular formula is C15H13Br3N4O. The second kappa shape index (κ2) is 8.68. The van der Waals surface area contributed by atoms with Crippen molar-refractivity contribution in [2.24, 2.45) is 7.05 Å². The third kappa shape index (κ3) is 5.49. The summed E-state index contributed by atoms with van der Waals surface area (Å²) in [6.07, 6.45) is 7.77. The number of nitrogens with zero attached hydrogens (tertiary/aromatic N) is 4. The zero-order valence-corrected chi connectivity index (χ0v) is 16.8. The Balaban J connectivity index is 0.000000203. The first-order valence-corrected chi connectivity index (χ1v) is 8.87. The van der Waals surface area contributed by atoms with E-state index in [1.807, 2.05) is 12.1 Å². The van der Waals surface area contributed by atoms with Crippen molar-refractivity contribution >= 4 is 47.8 Å². The lowest BCUT2D eigenvalue weighted by Crippen LogP contribution is -2.06. The molecule has 0 saturated carbocycles. The second-order valence-electron chi connectivity index (χ2n) is 4.54. The van der Waals surface area contributed by atoms with Gasteiger partial charge in [-0.25, -0.2) is 0 Å². The molecule has 0 bridgehead atoms. The first-order chi connectivity index (χ1) is 11.0. The molecule has 3 rings (SSSR count). The van der Waals surface area contributed by atoms with Gasteiger partial charge in [0.25, 0.3) is 0 Å². The lowest BCUT2D eigenvalue weighted by atomic mass is 10.1. The highest BCUT2D eigenvalue weighted by atomic mass is 79.9. The van der Waals surface area contributed by atoms with Crippen molar-refractivity contribution < 1.29 is 5.11 Å². The summed E-state index contributed by atoms with van der Waals surface area (Å²) in [6, 6.07) is 5.56. The Bertz CT molecular complexity index is 761. The van der Waals surface area contributed by atoms with Crippen LogP contribution >= 0.6 is 47.8 Å². The highest BCUT2D eigenvalue weighted by Crippen LogP contribution is 2.22. The van der Waals surface area contributed by atoms with Crippen molar-refractivity contribution in [3.05, 3.63) is 73.9 Å². The Hall–Kier alpha value is -1.09. The van der Waals surface area contributed by atoms with Crippen LogP contribution < -0.4 is 0 Å². The number of aromatic nitrogens is 4. The van der Waals surface area contributed by atoms with Crippen molar-refractivity contribution in [3.8, 4) is 0 Å². The maximum Gasteiger partial charge on any atom is 0.122 e. The first kappa shape index (κ1) is 18.3. The predicted molar refractivity (Wildman–Crippen MR) is 98.8 cm³/mol. The van der Waals surface area contributed by atoms with Gasteiger partial charge in [0.1, 0.15) is 6.10 Å². The molecule has 5 nitrogen and oxygen atoms in total. The Morgan fingerprint density at radius 3 is 1.96 bits per heavy atom. The van der Waals surface area contributed by atoms with Gasteiger partial charge in [-0.3, -0.25) is 14.6 Å². The number of halogens is 3. The lowest BCUT2D eigenvalue weighted by molar-refractivity contribution is 0.209. The number of pyridine rings is 2. The van der Waals surface area contributed by atoms with Crippen LogP contribution in [0, 0.1) is 0 Å². The molecule has 0 aliphatic carbocycles. The van der Waals surface area contributed by atoms with Crippen molar-refractivity contribution in [1.82, 2.24) is 19.7 Å². The Kier molecular flexibility index (Phi) is 6.88. The Morgan fingerprint density at radius 1 is 0.957 bits per heavy atom. The molecule has 0 radical (unpaired) electrons. The highest BCUT2D eigenvalue weighted by Gasteiger charge is 2.14. The minimum atomic E-state index is -0.692. The maximum absolute atomic E-state index is 10.1. The van der Waals surface area contributed by atoms with Gasteiger partial charge in [0.2, 0.25) is 0 Å². The molecule has 0 amide bonds. The van der Waals surface area contributed by atoms with Gasteiger partial charge in [0.05, 0.1) is 5.69 Å². The van der Waals surface area contributed by atoms with Gasteiger partial charge in [-0.2, -0.15) is 5.10 Å². The second-order valence-corrected chi connectivity index (χ2v) is 7.29. The van der Waals surface area contributed by atoms with Crippen molar-refractivity contribution in [2.45, 2.75) is 6.10 Å². The average molecular weight is 505 g/mol. The van der Waals surface area contributed by atoms with Crippen LogP contribution in [0.25, 0.3) is 0 Å². The highest BCUT2D eigenvalue weighted by molar-refractivity contribution is 9.11. The van der Waals surface area contributed by atoms with Gasteiger partial charge in [-0.1, -0.05) is 0 Å². The fourth-order valence-electron chi connectivity index (χ4n) is 1.79. The quantitative estimate of drug-likeness (QED) is 0.566. The fraction of sp³-hybridized carbons (Fsp3) is 0.133. The molecule has 120 valence electrons. The summed E-state index contributed by atoms with van der Waals surface area (Å²) in [4.78, 5) is 7.90. The Morgan fingerprint density at radius 2 is 1.52 bits per heavy atom. The number of aliphatic hydroxyl groups is 1. The summed E-state index contributed by atoms with van der Waals surface area (Å²) in [5.74, 6) is 0. The zero-order chi connectivity index (χ0) is 16.8. The summed E-state index contributed by atoms with van der Waals surface area (Å²) in [5, 5.41) is 14.1. The van der Waals surface area contributed by atoms with Gasteiger partial charge in [-0.15, -0.1) is 0 Å².